The average molecular weight is 680 g/mol. The van der Waals surface area contributed by atoms with Crippen LogP contribution in [0, 0.1) is 6.85 Å². The number of para-hydroxylation sites is 2. The molecule has 0 aliphatic rings. The normalized spacial score (nSPS) is 13.4. The van der Waals surface area contributed by atoms with E-state index in [0.29, 0.717) is 39.3 Å². The maximum absolute atomic E-state index is 8.25. The van der Waals surface area contributed by atoms with Gasteiger partial charge < -0.3 is 8.83 Å². The van der Waals surface area contributed by atoms with E-state index in [9.17, 15) is 0 Å². The molecule has 0 N–H and O–H groups in total. The first-order valence-electron chi connectivity index (χ1n) is 19.3. The maximum Gasteiger partial charge on any atom is 0.228 e. The van der Waals surface area contributed by atoms with E-state index < -0.39 is 6.85 Å². The Kier molecular flexibility index (Phi) is 6.00. The molecule has 52 heavy (non-hydrogen) atoms. The van der Waals surface area contributed by atoms with Gasteiger partial charge in [-0.1, -0.05) is 94.4 Å². The number of benzene rings is 5. The fourth-order valence-corrected chi connectivity index (χ4v) is 7.78. The quantitative estimate of drug-likeness (QED) is 0.181. The summed E-state index contributed by atoms with van der Waals surface area (Å²) in [6, 6.07) is 38.4. The Morgan fingerprint density at radius 2 is 1.37 bits per heavy atom. The van der Waals surface area contributed by atoms with E-state index in [1.807, 2.05) is 72.8 Å². The van der Waals surface area contributed by atoms with Gasteiger partial charge in [-0.05, 0) is 89.5 Å². The van der Waals surface area contributed by atoms with Crippen molar-refractivity contribution in [2.24, 2.45) is 0 Å². The second kappa shape index (κ2) is 11.4. The molecule has 0 spiro atoms. The third-order valence-corrected chi connectivity index (χ3v) is 10.3. The third kappa shape index (κ3) is 4.53. The van der Waals surface area contributed by atoms with E-state index in [0.717, 1.165) is 66.1 Å². The third-order valence-electron chi connectivity index (χ3n) is 10.3. The molecule has 5 aromatic heterocycles. The van der Waals surface area contributed by atoms with Crippen molar-refractivity contribution in [2.45, 2.75) is 46.4 Å². The van der Waals surface area contributed by atoms with Crippen molar-refractivity contribution in [2.75, 3.05) is 0 Å². The molecule has 0 aliphatic carbocycles. The van der Waals surface area contributed by atoms with Gasteiger partial charge >= 0.3 is 0 Å². The number of nitrogens with zero attached hydrogens (tertiary/aromatic N) is 4. The lowest BCUT2D eigenvalue weighted by Gasteiger charge is -2.24. The van der Waals surface area contributed by atoms with Crippen LogP contribution in [0.25, 0.3) is 94.3 Å². The largest absolute Gasteiger partial charge is 0.454 e. The van der Waals surface area contributed by atoms with Crippen molar-refractivity contribution in [1.29, 1.82) is 0 Å². The number of pyridine rings is 2. The molecule has 10 rings (SSSR count). The summed E-state index contributed by atoms with van der Waals surface area (Å²) in [6.07, 6.45) is 0. The van der Waals surface area contributed by atoms with Gasteiger partial charge in [-0.3, -0.25) is 9.55 Å². The minimum Gasteiger partial charge on any atom is -0.454 e. The summed E-state index contributed by atoms with van der Waals surface area (Å²) >= 11 is 0. The number of furan rings is 2. The summed E-state index contributed by atoms with van der Waals surface area (Å²) in [6.45, 7) is 6.47. The molecule has 6 nitrogen and oxygen atoms in total. The predicted molar refractivity (Wildman–Crippen MR) is 213 cm³/mol. The van der Waals surface area contributed by atoms with Crippen LogP contribution >= 0.6 is 0 Å². The van der Waals surface area contributed by atoms with E-state index in [4.69, 9.17) is 27.9 Å². The van der Waals surface area contributed by atoms with Crippen molar-refractivity contribution in [1.82, 2.24) is 19.5 Å². The van der Waals surface area contributed by atoms with E-state index in [2.05, 4.69) is 68.7 Å². The number of rotatable bonds is 5. The van der Waals surface area contributed by atoms with Gasteiger partial charge in [0.25, 0.3) is 0 Å². The Hall–Kier alpha value is -6.27. The van der Waals surface area contributed by atoms with Crippen LogP contribution in [0.5, 0.6) is 0 Å². The summed E-state index contributed by atoms with van der Waals surface area (Å²) in [5.74, 6) is 0.913. The first-order chi connectivity index (χ1) is 26.5. The zero-order valence-electron chi connectivity index (χ0n) is 32.2. The Labute approximate surface area is 304 Å². The number of aromatic nitrogens is 4. The van der Waals surface area contributed by atoms with Crippen molar-refractivity contribution in [3.05, 3.63) is 132 Å². The van der Waals surface area contributed by atoms with Gasteiger partial charge in [0.1, 0.15) is 22.5 Å². The van der Waals surface area contributed by atoms with Crippen LogP contribution in [0.15, 0.2) is 124 Å². The first-order valence-corrected chi connectivity index (χ1v) is 17.8. The fourth-order valence-electron chi connectivity index (χ4n) is 7.78. The number of hydrogen-bond acceptors (Lipinski definition) is 5. The minimum absolute atomic E-state index is 0.0386. The monoisotopic (exact) mass is 679 g/mol. The van der Waals surface area contributed by atoms with Crippen molar-refractivity contribution in [3.8, 4) is 28.2 Å². The lowest BCUT2D eigenvalue weighted by atomic mass is 9.88. The van der Waals surface area contributed by atoms with E-state index in [-0.39, 0.29) is 17.5 Å². The fraction of sp³-hybridized carbons (Fsp3) is 0.152. The number of imidazole rings is 1. The average Bonchev–Trinajstić information content (AvgIpc) is 3.87. The van der Waals surface area contributed by atoms with Crippen LogP contribution in [0.4, 0.5) is 0 Å². The van der Waals surface area contributed by atoms with Gasteiger partial charge in [0.2, 0.25) is 5.71 Å². The van der Waals surface area contributed by atoms with Crippen molar-refractivity contribution >= 4 is 66.1 Å². The molecule has 0 saturated carbocycles. The number of aryl methyl sites for hydroxylation is 1. The van der Waals surface area contributed by atoms with Crippen LogP contribution < -0.4 is 0 Å². The number of hydrogen-bond donors (Lipinski definition) is 0. The highest BCUT2D eigenvalue weighted by Gasteiger charge is 2.27. The second-order valence-corrected chi connectivity index (χ2v) is 14.2. The first kappa shape index (κ1) is 27.5. The molecular weight excluding hydrogens is 641 g/mol. The lowest BCUT2D eigenvalue weighted by Crippen LogP contribution is -2.10. The Morgan fingerprint density at radius 1 is 0.615 bits per heavy atom. The van der Waals surface area contributed by atoms with Gasteiger partial charge in [0.15, 0.2) is 5.58 Å². The summed E-state index contributed by atoms with van der Waals surface area (Å²) in [5.41, 5.74) is 11.7. The molecule has 0 unspecified atom stereocenters. The summed E-state index contributed by atoms with van der Waals surface area (Å²) in [4.78, 5) is 15.2. The molecule has 6 heteroatoms. The summed E-state index contributed by atoms with van der Waals surface area (Å²) in [7, 11) is 0. The van der Waals surface area contributed by atoms with Crippen molar-refractivity contribution in [3.63, 3.8) is 0 Å². The SMILES string of the molecule is [2H]C([2H])([2H])c1ccc2ccc3nc(-c4cccc5c4oc4cc6c(nc45)oc4ccccc46)n(-c4c(C(C)C)cc(-c5ccccc5)cc4C(C)C)c3c2n1. The highest BCUT2D eigenvalue weighted by atomic mass is 16.3. The van der Waals surface area contributed by atoms with Crippen LogP contribution in [-0.2, 0) is 0 Å². The Balaban J connectivity index is 1.34. The minimum atomic E-state index is -2.38. The molecular formula is C46H36N4O2. The van der Waals surface area contributed by atoms with Crippen LogP contribution in [0.2, 0.25) is 0 Å². The molecule has 0 aliphatic heterocycles. The van der Waals surface area contributed by atoms with Gasteiger partial charge in [-0.25, -0.2) is 9.97 Å². The molecule has 10 aromatic rings. The topological polar surface area (TPSA) is 69.9 Å². The summed E-state index contributed by atoms with van der Waals surface area (Å²) in [5, 5.41) is 3.53. The van der Waals surface area contributed by atoms with E-state index in [1.165, 1.54) is 0 Å². The highest BCUT2D eigenvalue weighted by molar-refractivity contribution is 6.14. The lowest BCUT2D eigenvalue weighted by molar-refractivity contribution is 0.652. The smallest absolute Gasteiger partial charge is 0.228 e. The zero-order valence-corrected chi connectivity index (χ0v) is 29.2. The molecule has 0 bridgehead atoms. The molecule has 5 heterocycles. The van der Waals surface area contributed by atoms with Gasteiger partial charge in [0, 0.05) is 26.0 Å². The molecule has 0 amide bonds. The summed E-state index contributed by atoms with van der Waals surface area (Å²) < 4.78 is 39.9. The molecule has 0 fully saturated rings. The van der Waals surface area contributed by atoms with Crippen LogP contribution in [0.1, 0.15) is 60.5 Å². The van der Waals surface area contributed by atoms with E-state index >= 15 is 0 Å². The van der Waals surface area contributed by atoms with Crippen LogP contribution in [0.3, 0.4) is 0 Å². The molecule has 0 radical (unpaired) electrons. The van der Waals surface area contributed by atoms with Gasteiger partial charge in [0.05, 0.1) is 33.2 Å². The van der Waals surface area contributed by atoms with Crippen LogP contribution in [-0.4, -0.2) is 19.5 Å². The second-order valence-electron chi connectivity index (χ2n) is 14.2. The molecule has 0 atom stereocenters. The zero-order chi connectivity index (χ0) is 37.7. The Morgan fingerprint density at radius 3 is 2.15 bits per heavy atom. The molecule has 252 valence electrons. The van der Waals surface area contributed by atoms with Gasteiger partial charge in [-0.2, -0.15) is 0 Å². The van der Waals surface area contributed by atoms with E-state index in [1.54, 1.807) is 6.07 Å². The Bertz CT molecular complexity index is 3120. The highest BCUT2D eigenvalue weighted by Crippen LogP contribution is 2.44. The molecule has 5 aromatic carbocycles. The maximum atomic E-state index is 8.25. The predicted octanol–water partition coefficient (Wildman–Crippen LogP) is 12.7. The molecule has 0 saturated heterocycles. The van der Waals surface area contributed by atoms with Gasteiger partial charge in [-0.15, -0.1) is 0 Å². The standard InChI is InChI=1S/C46H36N4O2/c1-25(2)34-22-30(28-12-7-6-8-13-28)23-35(26(3)4)42(34)50-43-37(21-20-29-19-18-27(5)47-40(29)43)48-45(50)33-16-11-15-32-41-39(51-44(32)33)24-36-31-14-9-10-17-38(31)52-46(36)49-41/h6-26H,1-5H3/i5D3. The van der Waals surface area contributed by atoms with Crippen molar-refractivity contribution < 1.29 is 12.9 Å². The number of fused-ring (bicyclic) bond motifs is 9.